The molecule has 0 spiro atoms. The van der Waals surface area contributed by atoms with E-state index in [0.29, 0.717) is 11.3 Å². The van der Waals surface area contributed by atoms with E-state index in [2.05, 4.69) is 42.7 Å². The van der Waals surface area contributed by atoms with Gasteiger partial charge < -0.3 is 4.74 Å². The summed E-state index contributed by atoms with van der Waals surface area (Å²) < 4.78 is 17.1. The molecule has 0 saturated heterocycles. The number of carbonyl (C=O) groups is 2. The summed E-state index contributed by atoms with van der Waals surface area (Å²) in [5.41, 5.74) is 7.56. The van der Waals surface area contributed by atoms with Crippen LogP contribution in [0, 0.1) is 11.8 Å². The van der Waals surface area contributed by atoms with Crippen LogP contribution in [0.2, 0.25) is 0 Å². The highest BCUT2D eigenvalue weighted by molar-refractivity contribution is 7.85. The van der Waals surface area contributed by atoms with Gasteiger partial charge in [-0.15, -0.1) is 0 Å². The summed E-state index contributed by atoms with van der Waals surface area (Å²) in [6.45, 7) is 44.1. The Kier molecular flexibility index (Phi) is 69.5. The molecule has 0 aromatic heterocycles. The van der Waals surface area contributed by atoms with E-state index in [0.717, 1.165) is 37.6 Å². The van der Waals surface area contributed by atoms with E-state index in [4.69, 9.17) is 4.74 Å². The van der Waals surface area contributed by atoms with Crippen LogP contribution >= 0.6 is 0 Å². The molecule has 0 aliphatic carbocycles. The summed E-state index contributed by atoms with van der Waals surface area (Å²) in [5, 5.41) is 0. The zero-order valence-electron chi connectivity index (χ0n) is 59.1. The fraction of sp³-hybridized carbons (Fsp3) is 0.233. The van der Waals surface area contributed by atoms with Crippen molar-refractivity contribution in [1.29, 1.82) is 0 Å². The summed E-state index contributed by atoms with van der Waals surface area (Å²) in [7, 11) is -1.05. The van der Waals surface area contributed by atoms with Crippen molar-refractivity contribution in [2.45, 2.75) is 148 Å². The number of hydrogen-bond donors (Lipinski definition) is 0. The lowest BCUT2D eigenvalue weighted by Crippen LogP contribution is -2.07. The molecule has 91 heavy (non-hydrogen) atoms. The average molecular weight is 1240 g/mol. The molecule has 4 nitrogen and oxygen atoms in total. The molecule has 0 amide bonds. The normalized spacial score (nSPS) is 8.19. The first-order valence-corrected chi connectivity index (χ1v) is 34.0. The third-order valence-electron chi connectivity index (χ3n) is 10.1. The van der Waals surface area contributed by atoms with Gasteiger partial charge in [0.05, 0.1) is 16.4 Å². The molecule has 10 aromatic carbocycles. The Bertz CT molecular complexity index is 2790. The fourth-order valence-corrected chi connectivity index (χ4v) is 7.51. The molecule has 0 N–H and O–H groups in total. The predicted octanol–water partition coefficient (Wildman–Crippen LogP) is 25.8. The number of carbonyl (C=O) groups excluding carboxylic acids is 2. The summed E-state index contributed by atoms with van der Waals surface area (Å²) in [5.74, 6) is 6.53. The zero-order valence-corrected chi connectivity index (χ0v) is 59.9. The second-order valence-corrected chi connectivity index (χ2v) is 16.7. The number of esters is 1. The van der Waals surface area contributed by atoms with E-state index >= 15 is 0 Å². The van der Waals surface area contributed by atoms with Gasteiger partial charge in [0.25, 0.3) is 0 Å². The number of hydrogen-bond acceptors (Lipinski definition) is 4. The van der Waals surface area contributed by atoms with Gasteiger partial charge in [-0.05, 0) is 89.5 Å². The molecule has 0 aliphatic rings. The summed E-state index contributed by atoms with van der Waals surface area (Å²) in [6, 6.07) is 96.0. The van der Waals surface area contributed by atoms with E-state index < -0.39 is 10.8 Å². The molecule has 0 atom stereocenters. The number of benzene rings is 10. The van der Waals surface area contributed by atoms with Crippen LogP contribution in [0.4, 0.5) is 0 Å². The van der Waals surface area contributed by atoms with E-state index in [1.165, 1.54) is 11.1 Å². The Morgan fingerprint density at radius 3 is 0.725 bits per heavy atom. The van der Waals surface area contributed by atoms with Crippen LogP contribution in [0.25, 0.3) is 5.57 Å². The second-order valence-electron chi connectivity index (χ2n) is 15.2. The first-order valence-electron chi connectivity index (χ1n) is 32.9. The minimum atomic E-state index is -1.05. The summed E-state index contributed by atoms with van der Waals surface area (Å²) in [6.07, 6.45) is 0. The SMILES string of the molecule is C(#Cc1ccccc1)c1ccccc1.C=C(c1ccccc1)c1ccccc1.CC.CC.CC.CC.CC.CC.CC.CC.CC.CC.O=C(Oc1ccccc1)c1ccccc1.O=C(c1ccccc1)c1ccccc1.O=S(c1ccccc1)c1ccccc1. The second kappa shape index (κ2) is 69.9. The molecular formula is C86H112O4S. The molecule has 0 fully saturated rings. The average Bonchev–Trinajstić information content (AvgIpc) is 3.78. The van der Waals surface area contributed by atoms with E-state index in [1.54, 1.807) is 24.3 Å². The third kappa shape index (κ3) is 43.2. The van der Waals surface area contributed by atoms with Gasteiger partial charge in [-0.1, -0.05) is 387 Å². The van der Waals surface area contributed by atoms with Crippen LogP contribution in [0.5, 0.6) is 5.75 Å². The lowest BCUT2D eigenvalue weighted by Gasteiger charge is -2.04. The molecule has 0 bridgehead atoms. The topological polar surface area (TPSA) is 60.4 Å². The molecule has 0 unspecified atom stereocenters. The van der Waals surface area contributed by atoms with Gasteiger partial charge in [-0.3, -0.25) is 4.79 Å². The van der Waals surface area contributed by atoms with Crippen molar-refractivity contribution >= 4 is 28.1 Å². The van der Waals surface area contributed by atoms with Gasteiger partial charge in [0.15, 0.2) is 5.78 Å². The summed E-state index contributed by atoms with van der Waals surface area (Å²) >= 11 is 0. The molecule has 0 saturated carbocycles. The Balaban J connectivity index is -0.000000316. The highest BCUT2D eigenvalue weighted by Gasteiger charge is 2.08. The number of para-hydroxylation sites is 1. The van der Waals surface area contributed by atoms with Crippen molar-refractivity contribution in [2.75, 3.05) is 0 Å². The molecule has 0 aliphatic heterocycles. The molecule has 0 heterocycles. The lowest BCUT2D eigenvalue weighted by molar-refractivity contribution is 0.0734. The van der Waals surface area contributed by atoms with Crippen LogP contribution < -0.4 is 4.74 Å². The highest BCUT2D eigenvalue weighted by atomic mass is 32.2. The van der Waals surface area contributed by atoms with Gasteiger partial charge in [-0.25, -0.2) is 9.00 Å². The number of ether oxygens (including phenoxy) is 1. The maximum atomic E-state index is 12.0. The Morgan fingerprint density at radius 1 is 0.275 bits per heavy atom. The van der Waals surface area contributed by atoms with Gasteiger partial charge in [0.1, 0.15) is 5.75 Å². The van der Waals surface area contributed by atoms with E-state index in [9.17, 15) is 13.8 Å². The van der Waals surface area contributed by atoms with Gasteiger partial charge >= 0.3 is 5.97 Å². The van der Waals surface area contributed by atoms with Crippen LogP contribution in [0.3, 0.4) is 0 Å². The van der Waals surface area contributed by atoms with Crippen molar-refractivity contribution in [1.82, 2.24) is 0 Å². The summed E-state index contributed by atoms with van der Waals surface area (Å²) in [4.78, 5) is 25.1. The van der Waals surface area contributed by atoms with Crippen LogP contribution in [0.15, 0.2) is 320 Å². The van der Waals surface area contributed by atoms with Crippen molar-refractivity contribution in [3.05, 3.63) is 349 Å². The number of ketones is 1. The Hall–Kier alpha value is -9.21. The Morgan fingerprint density at radius 2 is 0.473 bits per heavy atom. The molecular weight excluding hydrogens is 1130 g/mol. The highest BCUT2D eigenvalue weighted by Crippen LogP contribution is 2.20. The standard InChI is InChI=1S/C14H12.C14H10.C13H10O2.C13H10O.C12H10OS.10C2H6/c1-12(13-8-4-2-5-9-13)14-10-6-3-7-11-14;1-3-7-13(8-4-1)11-12-14-9-5-2-6-10-14;14-13(11-7-3-1-4-8-11)15-12-9-5-2-6-10-12;14-13(11-7-3-1-4-8-11)12-9-5-2-6-10-12;13-14(11-7-3-1-4-8-11)12-9-5-2-6-10-12;10*1-2/h2-11H,1H2;1-10H;1-10H;2*1-10H;10*1-2H3. The van der Waals surface area contributed by atoms with Crippen molar-refractivity contribution in [3.63, 3.8) is 0 Å². The maximum absolute atomic E-state index is 12.0. The minimum Gasteiger partial charge on any atom is -0.423 e. The Labute approximate surface area is 558 Å². The molecule has 486 valence electrons. The quantitative estimate of drug-likeness (QED) is 0.0658. The predicted molar refractivity (Wildman–Crippen MR) is 405 cm³/mol. The van der Waals surface area contributed by atoms with Gasteiger partial charge in [0.2, 0.25) is 0 Å². The van der Waals surface area contributed by atoms with Crippen molar-refractivity contribution < 1.29 is 18.5 Å². The monoisotopic (exact) mass is 1240 g/mol. The lowest BCUT2D eigenvalue weighted by atomic mass is 10.0. The first-order chi connectivity index (χ1) is 44.9. The molecule has 5 heteroatoms. The minimum absolute atomic E-state index is 0.0752. The maximum Gasteiger partial charge on any atom is 0.343 e. The number of rotatable bonds is 8. The van der Waals surface area contributed by atoms with Gasteiger partial charge in [0, 0.05) is 32.0 Å². The van der Waals surface area contributed by atoms with Crippen molar-refractivity contribution in [3.8, 4) is 17.6 Å². The van der Waals surface area contributed by atoms with E-state index in [-0.39, 0.29) is 11.8 Å². The van der Waals surface area contributed by atoms with Crippen LogP contribution in [-0.2, 0) is 10.8 Å². The molecule has 10 aromatic rings. The molecule has 10 rings (SSSR count). The first kappa shape index (κ1) is 90.5. The van der Waals surface area contributed by atoms with Gasteiger partial charge in [-0.2, -0.15) is 0 Å². The van der Waals surface area contributed by atoms with E-state index in [1.807, 2.05) is 393 Å². The molecule has 0 radical (unpaired) electrons. The van der Waals surface area contributed by atoms with Crippen LogP contribution in [0.1, 0.15) is 187 Å². The largest absolute Gasteiger partial charge is 0.423 e. The zero-order chi connectivity index (χ0) is 69.6. The fourth-order valence-electron chi connectivity index (χ4n) is 6.43. The van der Waals surface area contributed by atoms with Crippen molar-refractivity contribution in [2.24, 2.45) is 0 Å². The third-order valence-corrected chi connectivity index (χ3v) is 11.5. The van der Waals surface area contributed by atoms with Crippen LogP contribution in [-0.4, -0.2) is 16.0 Å². The smallest absolute Gasteiger partial charge is 0.343 e.